The molecule has 0 bridgehead atoms. The van der Waals surface area contributed by atoms with Gasteiger partial charge in [-0.25, -0.2) is 4.52 Å². The molecule has 0 saturated carbocycles. The smallest absolute Gasteiger partial charge is 0.277 e. The number of aromatic nitrogens is 2. The van der Waals surface area contributed by atoms with Gasteiger partial charge in [0.05, 0.1) is 11.4 Å². The predicted octanol–water partition coefficient (Wildman–Crippen LogP) is -1.27. The lowest BCUT2D eigenvalue weighted by Crippen LogP contribution is -2.23. The third kappa shape index (κ3) is 1.08. The quantitative estimate of drug-likeness (QED) is 0.662. The molecule has 2 heterocycles. The number of nitrogens with zero attached hydrogens (tertiary/aromatic N) is 2. The van der Waals surface area contributed by atoms with Crippen LogP contribution in [0.3, 0.4) is 0 Å². The van der Waals surface area contributed by atoms with Crippen molar-refractivity contribution >= 4 is 0 Å². The second-order valence-corrected chi connectivity index (χ2v) is 3.79. The molecule has 0 saturated heterocycles. The Morgan fingerprint density at radius 3 is 1.56 bits per heavy atom. The predicted molar refractivity (Wildman–Crippen MR) is 59.8 cm³/mol. The molecule has 2 aromatic rings. The van der Waals surface area contributed by atoms with Crippen molar-refractivity contribution in [2.75, 3.05) is 0 Å². The van der Waals surface area contributed by atoms with E-state index in [0.29, 0.717) is 22.5 Å². The van der Waals surface area contributed by atoms with Crippen LogP contribution in [0.25, 0.3) is 0 Å². The van der Waals surface area contributed by atoms with Crippen molar-refractivity contribution in [3.8, 4) is 0 Å². The van der Waals surface area contributed by atoms with Gasteiger partial charge in [-0.05, 0) is 13.8 Å². The van der Waals surface area contributed by atoms with Gasteiger partial charge in [-0.2, -0.15) is 4.52 Å². The first-order chi connectivity index (χ1) is 7.54. The molecular formula is C10H14N4O2. The highest BCUT2D eigenvalue weighted by Crippen LogP contribution is 2.09. The summed E-state index contributed by atoms with van der Waals surface area (Å²) in [7, 11) is 0. The van der Waals surface area contributed by atoms with Gasteiger partial charge in [0.15, 0.2) is 0 Å². The van der Waals surface area contributed by atoms with Gasteiger partial charge in [-0.15, -0.1) is 0 Å². The molecular weight excluding hydrogens is 208 g/mol. The van der Waals surface area contributed by atoms with Crippen LogP contribution < -0.4 is 22.6 Å². The summed E-state index contributed by atoms with van der Waals surface area (Å²) in [6.07, 6.45) is 0. The van der Waals surface area contributed by atoms with Crippen LogP contribution >= 0.6 is 0 Å². The maximum atomic E-state index is 11.9. The standard InChI is InChI=1S/C10H14N4O2/c1-5-7(3-11)13-8(4-12)6(2)10(16)14(13)9(5)15/h3-4,11-12H2,1-2H3. The minimum atomic E-state index is -0.312. The Balaban J connectivity index is 3.12. The fourth-order valence-electron chi connectivity index (χ4n) is 2.04. The maximum absolute atomic E-state index is 11.9. The fraction of sp³-hybridized carbons (Fsp3) is 0.400. The van der Waals surface area contributed by atoms with E-state index >= 15 is 0 Å². The molecule has 16 heavy (non-hydrogen) atoms. The van der Waals surface area contributed by atoms with Gasteiger partial charge in [-0.1, -0.05) is 0 Å². The van der Waals surface area contributed by atoms with E-state index in [0.717, 1.165) is 4.52 Å². The third-order valence-electron chi connectivity index (χ3n) is 2.99. The average Bonchev–Trinajstić information content (AvgIpc) is 2.65. The summed E-state index contributed by atoms with van der Waals surface area (Å²) in [6, 6.07) is 0. The van der Waals surface area contributed by atoms with Crippen LogP contribution in [0.5, 0.6) is 0 Å². The van der Waals surface area contributed by atoms with Crippen LogP contribution in [0.15, 0.2) is 9.59 Å². The molecule has 0 aliphatic rings. The summed E-state index contributed by atoms with van der Waals surface area (Å²) in [6.45, 7) is 3.75. The monoisotopic (exact) mass is 222 g/mol. The number of nitrogens with two attached hydrogens (primary N) is 2. The van der Waals surface area contributed by atoms with E-state index in [1.165, 1.54) is 0 Å². The summed E-state index contributed by atoms with van der Waals surface area (Å²) in [5, 5.41) is 0. The van der Waals surface area contributed by atoms with Crippen LogP contribution in [0.2, 0.25) is 0 Å². The summed E-state index contributed by atoms with van der Waals surface area (Å²) in [5.74, 6) is 0. The topological polar surface area (TPSA) is 95.0 Å². The van der Waals surface area contributed by atoms with Gasteiger partial charge in [-0.3, -0.25) is 9.59 Å². The molecule has 2 aromatic heterocycles. The highest BCUT2D eigenvalue weighted by Gasteiger charge is 2.20. The minimum Gasteiger partial charge on any atom is -0.325 e. The first kappa shape index (κ1) is 10.8. The van der Waals surface area contributed by atoms with Gasteiger partial charge >= 0.3 is 0 Å². The van der Waals surface area contributed by atoms with Gasteiger partial charge in [0, 0.05) is 24.2 Å². The van der Waals surface area contributed by atoms with Crippen molar-refractivity contribution in [3.05, 3.63) is 43.2 Å². The molecule has 0 fully saturated rings. The molecule has 0 radical (unpaired) electrons. The normalized spacial score (nSPS) is 11.5. The van der Waals surface area contributed by atoms with E-state index in [4.69, 9.17) is 11.5 Å². The SMILES string of the molecule is Cc1c(CN)n2c(CN)c(C)c(=O)n2c1=O. The molecule has 6 heteroatoms. The van der Waals surface area contributed by atoms with E-state index in [1.54, 1.807) is 18.4 Å². The van der Waals surface area contributed by atoms with Gasteiger partial charge in [0.25, 0.3) is 11.1 Å². The second-order valence-electron chi connectivity index (χ2n) is 3.79. The molecule has 86 valence electrons. The van der Waals surface area contributed by atoms with Crippen molar-refractivity contribution in [3.63, 3.8) is 0 Å². The van der Waals surface area contributed by atoms with Crippen molar-refractivity contribution < 1.29 is 0 Å². The largest absolute Gasteiger partial charge is 0.325 e. The molecule has 0 aliphatic heterocycles. The Kier molecular flexibility index (Phi) is 2.32. The Hall–Kier alpha value is -1.66. The zero-order chi connectivity index (χ0) is 12.0. The lowest BCUT2D eigenvalue weighted by molar-refractivity contribution is 0.725. The Labute approximate surface area is 91.4 Å². The second kappa shape index (κ2) is 3.43. The molecule has 0 unspecified atom stereocenters. The van der Waals surface area contributed by atoms with Crippen molar-refractivity contribution in [1.82, 2.24) is 9.03 Å². The highest BCUT2D eigenvalue weighted by molar-refractivity contribution is 5.27. The molecule has 0 spiro atoms. The van der Waals surface area contributed by atoms with E-state index < -0.39 is 0 Å². The molecule has 0 atom stereocenters. The van der Waals surface area contributed by atoms with Crippen molar-refractivity contribution in [1.29, 1.82) is 0 Å². The number of rotatable bonds is 2. The Bertz CT molecular complexity index is 599. The number of hydrogen-bond acceptors (Lipinski definition) is 4. The molecule has 2 rings (SSSR count). The maximum Gasteiger partial charge on any atom is 0.277 e. The minimum absolute atomic E-state index is 0.206. The summed E-state index contributed by atoms with van der Waals surface area (Å²) < 4.78 is 2.66. The zero-order valence-electron chi connectivity index (χ0n) is 9.28. The summed E-state index contributed by atoms with van der Waals surface area (Å²) >= 11 is 0. The lowest BCUT2D eigenvalue weighted by Gasteiger charge is -2.01. The van der Waals surface area contributed by atoms with E-state index in [9.17, 15) is 9.59 Å². The lowest BCUT2D eigenvalue weighted by atomic mass is 10.2. The van der Waals surface area contributed by atoms with Crippen molar-refractivity contribution in [2.24, 2.45) is 11.5 Å². The number of hydrogen-bond donors (Lipinski definition) is 2. The molecule has 0 amide bonds. The zero-order valence-corrected chi connectivity index (χ0v) is 9.28. The fourth-order valence-corrected chi connectivity index (χ4v) is 2.04. The first-order valence-electron chi connectivity index (χ1n) is 5.03. The molecule has 0 aliphatic carbocycles. The number of fused-ring (bicyclic) bond motifs is 1. The van der Waals surface area contributed by atoms with Crippen molar-refractivity contribution in [2.45, 2.75) is 26.9 Å². The summed E-state index contributed by atoms with van der Waals surface area (Å²) in [4.78, 5) is 23.7. The first-order valence-corrected chi connectivity index (χ1v) is 5.03. The van der Waals surface area contributed by atoms with E-state index in [1.807, 2.05) is 0 Å². The van der Waals surface area contributed by atoms with Crippen LogP contribution in [-0.2, 0) is 13.1 Å². The van der Waals surface area contributed by atoms with E-state index in [-0.39, 0.29) is 24.2 Å². The van der Waals surface area contributed by atoms with Crippen LogP contribution in [0.4, 0.5) is 0 Å². The molecule has 4 N–H and O–H groups in total. The molecule has 0 aromatic carbocycles. The van der Waals surface area contributed by atoms with Gasteiger partial charge in [0.2, 0.25) is 0 Å². The highest BCUT2D eigenvalue weighted by atomic mass is 16.2. The van der Waals surface area contributed by atoms with Crippen LogP contribution in [0.1, 0.15) is 22.5 Å². The average molecular weight is 222 g/mol. The summed E-state index contributed by atoms with van der Waals surface area (Å²) in [5.41, 5.74) is 12.9. The third-order valence-corrected chi connectivity index (χ3v) is 2.99. The Morgan fingerprint density at radius 2 is 1.25 bits per heavy atom. The van der Waals surface area contributed by atoms with E-state index in [2.05, 4.69) is 0 Å². The van der Waals surface area contributed by atoms with Gasteiger partial charge < -0.3 is 11.5 Å². The Morgan fingerprint density at radius 1 is 0.875 bits per heavy atom. The van der Waals surface area contributed by atoms with Crippen LogP contribution in [0, 0.1) is 13.8 Å². The van der Waals surface area contributed by atoms with Crippen LogP contribution in [-0.4, -0.2) is 9.03 Å². The molecule has 6 nitrogen and oxygen atoms in total. The van der Waals surface area contributed by atoms with Gasteiger partial charge in [0.1, 0.15) is 0 Å².